The Morgan fingerprint density at radius 3 is 2.65 bits per heavy atom. The summed E-state index contributed by atoms with van der Waals surface area (Å²) in [5.41, 5.74) is 6.12. The van der Waals surface area contributed by atoms with E-state index in [2.05, 4.69) is 15.6 Å². The molecule has 5 nitrogen and oxygen atoms in total. The summed E-state index contributed by atoms with van der Waals surface area (Å²) in [4.78, 5) is 15.8. The van der Waals surface area contributed by atoms with Gasteiger partial charge >= 0.3 is 0 Å². The van der Waals surface area contributed by atoms with E-state index < -0.39 is 0 Å². The van der Waals surface area contributed by atoms with Gasteiger partial charge in [0.05, 0.1) is 5.69 Å². The van der Waals surface area contributed by atoms with E-state index in [1.807, 2.05) is 20.8 Å². The first-order chi connectivity index (χ1) is 7.79. The molecule has 0 aliphatic heterocycles. The zero-order valence-corrected chi connectivity index (χ0v) is 10.7. The van der Waals surface area contributed by atoms with Crippen LogP contribution in [0.25, 0.3) is 0 Å². The van der Waals surface area contributed by atoms with E-state index in [-0.39, 0.29) is 17.5 Å². The van der Waals surface area contributed by atoms with E-state index >= 15 is 0 Å². The van der Waals surface area contributed by atoms with E-state index in [0.29, 0.717) is 11.5 Å². The zero-order chi connectivity index (χ0) is 13.1. The Morgan fingerprint density at radius 1 is 1.47 bits per heavy atom. The van der Waals surface area contributed by atoms with Gasteiger partial charge in [-0.2, -0.15) is 0 Å². The Hall–Kier alpha value is -1.78. The third-order valence-corrected chi connectivity index (χ3v) is 2.10. The molecule has 0 radical (unpaired) electrons. The fourth-order valence-corrected chi connectivity index (χ4v) is 1.32. The number of nitrogens with zero attached hydrogens (tertiary/aromatic N) is 1. The maximum Gasteiger partial charge on any atom is 0.242 e. The number of aromatic nitrogens is 1. The number of hydrogen-bond acceptors (Lipinski definition) is 4. The SMILES string of the molecule is CC(Nc1cccnc1N)C(=O)NC(C)(C)C. The fraction of sp³-hybridized carbons (Fsp3) is 0.500. The van der Waals surface area contributed by atoms with Crippen LogP contribution in [0.1, 0.15) is 27.7 Å². The van der Waals surface area contributed by atoms with Gasteiger partial charge in [-0.1, -0.05) is 0 Å². The lowest BCUT2D eigenvalue weighted by atomic mass is 10.1. The molecule has 1 aromatic heterocycles. The highest BCUT2D eigenvalue weighted by Gasteiger charge is 2.19. The number of pyridine rings is 1. The lowest BCUT2D eigenvalue weighted by molar-refractivity contribution is -0.122. The monoisotopic (exact) mass is 236 g/mol. The van der Waals surface area contributed by atoms with Crippen LogP contribution >= 0.6 is 0 Å². The first-order valence-electron chi connectivity index (χ1n) is 5.58. The summed E-state index contributed by atoms with van der Waals surface area (Å²) in [6, 6.07) is 3.21. The number of carbonyl (C=O) groups is 1. The summed E-state index contributed by atoms with van der Waals surface area (Å²) in [7, 11) is 0. The molecule has 1 amide bonds. The van der Waals surface area contributed by atoms with Crippen molar-refractivity contribution in [1.29, 1.82) is 0 Å². The third kappa shape index (κ3) is 4.30. The molecule has 4 N–H and O–H groups in total. The van der Waals surface area contributed by atoms with Crippen molar-refractivity contribution in [2.45, 2.75) is 39.3 Å². The third-order valence-electron chi connectivity index (χ3n) is 2.10. The molecular weight excluding hydrogens is 216 g/mol. The van der Waals surface area contributed by atoms with Crippen molar-refractivity contribution in [2.24, 2.45) is 0 Å². The molecule has 1 rings (SSSR count). The number of amides is 1. The van der Waals surface area contributed by atoms with Crippen LogP contribution < -0.4 is 16.4 Å². The highest BCUT2D eigenvalue weighted by Crippen LogP contribution is 2.15. The summed E-state index contributed by atoms with van der Waals surface area (Å²) in [5, 5.41) is 5.93. The van der Waals surface area contributed by atoms with Crippen molar-refractivity contribution in [2.75, 3.05) is 11.1 Å². The van der Waals surface area contributed by atoms with Gasteiger partial charge in [-0.15, -0.1) is 0 Å². The van der Waals surface area contributed by atoms with Crippen LogP contribution in [0.4, 0.5) is 11.5 Å². The molecule has 0 saturated heterocycles. The molecule has 0 aliphatic rings. The van der Waals surface area contributed by atoms with E-state index in [1.54, 1.807) is 25.3 Å². The molecule has 0 saturated carbocycles. The van der Waals surface area contributed by atoms with Crippen molar-refractivity contribution in [3.8, 4) is 0 Å². The normalized spacial score (nSPS) is 12.9. The molecule has 0 aromatic carbocycles. The molecule has 5 heteroatoms. The minimum absolute atomic E-state index is 0.0687. The van der Waals surface area contributed by atoms with Crippen LogP contribution in [0.3, 0.4) is 0 Å². The lowest BCUT2D eigenvalue weighted by Crippen LogP contribution is -2.47. The van der Waals surface area contributed by atoms with Gasteiger partial charge in [0.25, 0.3) is 0 Å². The standard InChI is InChI=1S/C12H20N4O/c1-8(11(17)16-12(2,3)4)15-9-6-5-7-14-10(9)13/h5-8,15H,1-4H3,(H2,13,14)(H,16,17). The first-order valence-corrected chi connectivity index (χ1v) is 5.58. The van der Waals surface area contributed by atoms with E-state index in [4.69, 9.17) is 5.73 Å². The highest BCUT2D eigenvalue weighted by molar-refractivity contribution is 5.85. The predicted molar refractivity (Wildman–Crippen MR) is 69.6 cm³/mol. The Labute approximate surface area is 102 Å². The predicted octanol–water partition coefficient (Wildman–Crippen LogP) is 1.38. The van der Waals surface area contributed by atoms with Gasteiger partial charge in [0.2, 0.25) is 5.91 Å². The molecule has 0 spiro atoms. The minimum Gasteiger partial charge on any atom is -0.382 e. The van der Waals surface area contributed by atoms with E-state index in [0.717, 1.165) is 0 Å². The van der Waals surface area contributed by atoms with Crippen molar-refractivity contribution < 1.29 is 4.79 Å². The van der Waals surface area contributed by atoms with E-state index in [1.165, 1.54) is 0 Å². The fourth-order valence-electron chi connectivity index (χ4n) is 1.32. The number of anilines is 2. The van der Waals surface area contributed by atoms with Gasteiger partial charge < -0.3 is 16.4 Å². The van der Waals surface area contributed by atoms with Crippen LogP contribution in [-0.4, -0.2) is 22.5 Å². The smallest absolute Gasteiger partial charge is 0.242 e. The van der Waals surface area contributed by atoms with Gasteiger partial charge in [-0.3, -0.25) is 4.79 Å². The van der Waals surface area contributed by atoms with Crippen LogP contribution in [0.2, 0.25) is 0 Å². The number of nitrogens with one attached hydrogen (secondary N) is 2. The number of rotatable bonds is 3. The average Bonchev–Trinajstić information content (AvgIpc) is 2.18. The molecule has 1 atom stereocenters. The van der Waals surface area contributed by atoms with Crippen molar-refractivity contribution >= 4 is 17.4 Å². The maximum absolute atomic E-state index is 11.8. The zero-order valence-electron chi connectivity index (χ0n) is 10.7. The summed E-state index contributed by atoms with van der Waals surface area (Å²) < 4.78 is 0. The van der Waals surface area contributed by atoms with Crippen LogP contribution in [0.5, 0.6) is 0 Å². The van der Waals surface area contributed by atoms with Gasteiger partial charge in [-0.25, -0.2) is 4.98 Å². The largest absolute Gasteiger partial charge is 0.382 e. The highest BCUT2D eigenvalue weighted by atomic mass is 16.2. The molecule has 94 valence electrons. The number of nitrogen functional groups attached to an aromatic ring is 1. The molecule has 0 fully saturated rings. The Morgan fingerprint density at radius 2 is 2.12 bits per heavy atom. The Kier molecular flexibility index (Phi) is 3.93. The summed E-state index contributed by atoms with van der Waals surface area (Å²) in [6.45, 7) is 7.61. The first kappa shape index (κ1) is 13.3. The second-order valence-corrected chi connectivity index (χ2v) is 5.04. The van der Waals surface area contributed by atoms with Gasteiger partial charge in [0, 0.05) is 11.7 Å². The van der Waals surface area contributed by atoms with Crippen molar-refractivity contribution in [1.82, 2.24) is 10.3 Å². The Balaban J connectivity index is 2.64. The summed E-state index contributed by atoms with van der Waals surface area (Å²) >= 11 is 0. The molecule has 1 aromatic rings. The lowest BCUT2D eigenvalue weighted by Gasteiger charge is -2.24. The molecule has 0 bridgehead atoms. The summed E-state index contributed by atoms with van der Waals surface area (Å²) in [6.07, 6.45) is 1.61. The topological polar surface area (TPSA) is 80.0 Å². The maximum atomic E-state index is 11.8. The second kappa shape index (κ2) is 5.03. The molecule has 17 heavy (non-hydrogen) atoms. The number of nitrogens with two attached hydrogens (primary N) is 1. The summed E-state index contributed by atoms with van der Waals surface area (Å²) in [5.74, 6) is 0.323. The average molecular weight is 236 g/mol. The second-order valence-electron chi connectivity index (χ2n) is 5.04. The van der Waals surface area contributed by atoms with Crippen LogP contribution in [0, 0.1) is 0 Å². The Bertz CT molecular complexity index is 398. The molecule has 1 heterocycles. The number of carbonyl (C=O) groups excluding carboxylic acids is 1. The van der Waals surface area contributed by atoms with E-state index in [9.17, 15) is 4.79 Å². The molecular formula is C12H20N4O. The van der Waals surface area contributed by atoms with Gasteiger partial charge in [0.15, 0.2) is 0 Å². The van der Waals surface area contributed by atoms with Crippen molar-refractivity contribution in [3.63, 3.8) is 0 Å². The van der Waals surface area contributed by atoms with Crippen LogP contribution in [-0.2, 0) is 4.79 Å². The van der Waals surface area contributed by atoms with Crippen molar-refractivity contribution in [3.05, 3.63) is 18.3 Å². The quantitative estimate of drug-likeness (QED) is 0.740. The van der Waals surface area contributed by atoms with Crippen LogP contribution in [0.15, 0.2) is 18.3 Å². The van der Waals surface area contributed by atoms with Gasteiger partial charge in [-0.05, 0) is 39.8 Å². The molecule has 0 aliphatic carbocycles. The number of hydrogen-bond donors (Lipinski definition) is 3. The molecule has 1 unspecified atom stereocenters. The minimum atomic E-state index is -0.360. The van der Waals surface area contributed by atoms with Gasteiger partial charge in [0.1, 0.15) is 11.9 Å².